The monoisotopic (exact) mass is 250 g/mol. The maximum absolute atomic E-state index is 11.5. The van der Waals surface area contributed by atoms with Crippen molar-refractivity contribution in [2.24, 2.45) is 5.73 Å². The number of aryl methyl sites for hydroxylation is 1. The van der Waals surface area contributed by atoms with E-state index in [1.54, 1.807) is 11.8 Å². The summed E-state index contributed by atoms with van der Waals surface area (Å²) in [5, 5.41) is 2.88. The first-order valence-corrected chi connectivity index (χ1v) is 6.85. The van der Waals surface area contributed by atoms with Gasteiger partial charge in [0.1, 0.15) is 0 Å². The molecule has 17 heavy (non-hydrogen) atoms. The number of nitrogens with one attached hydrogen (secondary N) is 1. The Morgan fingerprint density at radius 2 is 2.06 bits per heavy atom. The zero-order valence-electron chi connectivity index (χ0n) is 10.0. The molecule has 0 saturated heterocycles. The molecule has 3 nitrogen and oxygen atoms in total. The fourth-order valence-electron chi connectivity index (χ4n) is 1.51. The van der Waals surface area contributed by atoms with Gasteiger partial charge in [-0.25, -0.2) is 0 Å². The minimum absolute atomic E-state index is 0.00186. The lowest BCUT2D eigenvalue weighted by Gasteiger charge is -2.09. The van der Waals surface area contributed by atoms with E-state index in [9.17, 15) is 4.79 Å². The summed E-state index contributed by atoms with van der Waals surface area (Å²) in [6.45, 7) is 2.75. The van der Waals surface area contributed by atoms with Crippen LogP contribution in [0.15, 0.2) is 29.2 Å². The van der Waals surface area contributed by atoms with Gasteiger partial charge in [-0.2, -0.15) is 0 Å². The standard InChI is InChI=1S/C13H18N2OS/c1-10-2-4-11(5-3-10)17-9-8-15-12(16)13(14)6-7-13/h2-5H,6-9,14H2,1H3,(H,15,16). The molecule has 1 aliphatic carbocycles. The number of thioether (sulfide) groups is 1. The first kappa shape index (κ1) is 12.5. The van der Waals surface area contributed by atoms with Crippen molar-refractivity contribution in [2.75, 3.05) is 12.3 Å². The third kappa shape index (κ3) is 3.48. The van der Waals surface area contributed by atoms with E-state index in [1.165, 1.54) is 10.5 Å². The molecule has 0 aliphatic heterocycles. The van der Waals surface area contributed by atoms with Crippen molar-refractivity contribution in [3.63, 3.8) is 0 Å². The van der Waals surface area contributed by atoms with Crippen LogP contribution in [0.5, 0.6) is 0 Å². The molecule has 0 heterocycles. The van der Waals surface area contributed by atoms with Crippen LogP contribution >= 0.6 is 11.8 Å². The topological polar surface area (TPSA) is 55.1 Å². The molecule has 0 radical (unpaired) electrons. The molecule has 0 bridgehead atoms. The summed E-state index contributed by atoms with van der Waals surface area (Å²) in [4.78, 5) is 12.8. The van der Waals surface area contributed by atoms with Crippen molar-refractivity contribution in [1.82, 2.24) is 5.32 Å². The van der Waals surface area contributed by atoms with E-state index >= 15 is 0 Å². The van der Waals surface area contributed by atoms with Crippen LogP contribution < -0.4 is 11.1 Å². The van der Waals surface area contributed by atoms with Gasteiger partial charge in [-0.3, -0.25) is 4.79 Å². The predicted molar refractivity (Wildman–Crippen MR) is 71.1 cm³/mol. The second-order valence-electron chi connectivity index (χ2n) is 4.57. The van der Waals surface area contributed by atoms with Gasteiger partial charge in [-0.15, -0.1) is 11.8 Å². The Kier molecular flexibility index (Phi) is 3.74. The Bertz CT molecular complexity index is 398. The van der Waals surface area contributed by atoms with E-state index in [-0.39, 0.29) is 5.91 Å². The number of carbonyl (C=O) groups excluding carboxylic acids is 1. The average molecular weight is 250 g/mol. The molecule has 2 rings (SSSR count). The Morgan fingerprint density at radius 1 is 1.41 bits per heavy atom. The lowest BCUT2D eigenvalue weighted by Crippen LogP contribution is -2.43. The van der Waals surface area contributed by atoms with Crippen molar-refractivity contribution in [1.29, 1.82) is 0 Å². The summed E-state index contributed by atoms with van der Waals surface area (Å²) < 4.78 is 0. The molecule has 92 valence electrons. The van der Waals surface area contributed by atoms with Crippen molar-refractivity contribution in [3.05, 3.63) is 29.8 Å². The van der Waals surface area contributed by atoms with Crippen LogP contribution in [0.3, 0.4) is 0 Å². The summed E-state index contributed by atoms with van der Waals surface area (Å²) >= 11 is 1.75. The van der Waals surface area contributed by atoms with E-state index < -0.39 is 5.54 Å². The molecule has 1 aromatic rings. The van der Waals surface area contributed by atoms with E-state index in [0.29, 0.717) is 6.54 Å². The van der Waals surface area contributed by atoms with Gasteiger partial charge in [0.15, 0.2) is 0 Å². The van der Waals surface area contributed by atoms with Crippen LogP contribution in [0.1, 0.15) is 18.4 Å². The maximum atomic E-state index is 11.5. The molecule has 0 atom stereocenters. The van der Waals surface area contributed by atoms with Crippen LogP contribution in [0, 0.1) is 6.92 Å². The number of benzene rings is 1. The first-order valence-electron chi connectivity index (χ1n) is 5.87. The molecule has 1 saturated carbocycles. The van der Waals surface area contributed by atoms with Crippen LogP contribution in [0.25, 0.3) is 0 Å². The summed E-state index contributed by atoms with van der Waals surface area (Å²) in [7, 11) is 0. The van der Waals surface area contributed by atoms with Gasteiger partial charge in [0, 0.05) is 17.2 Å². The number of hydrogen-bond donors (Lipinski definition) is 2. The van der Waals surface area contributed by atoms with Gasteiger partial charge in [-0.05, 0) is 31.9 Å². The molecule has 4 heteroatoms. The molecular weight excluding hydrogens is 232 g/mol. The zero-order chi connectivity index (χ0) is 12.3. The van der Waals surface area contributed by atoms with Crippen LogP contribution in [0.4, 0.5) is 0 Å². The molecule has 0 aromatic heterocycles. The predicted octanol–water partition coefficient (Wildman–Crippen LogP) is 1.69. The minimum atomic E-state index is -0.547. The van der Waals surface area contributed by atoms with Gasteiger partial charge in [-0.1, -0.05) is 17.7 Å². The highest BCUT2D eigenvalue weighted by Crippen LogP contribution is 2.32. The lowest BCUT2D eigenvalue weighted by molar-refractivity contribution is -0.123. The normalized spacial score (nSPS) is 16.6. The summed E-state index contributed by atoms with van der Waals surface area (Å²) in [5.41, 5.74) is 6.50. The number of nitrogens with two attached hydrogens (primary N) is 1. The van der Waals surface area contributed by atoms with Crippen LogP contribution in [-0.4, -0.2) is 23.7 Å². The Balaban J connectivity index is 1.66. The van der Waals surface area contributed by atoms with Gasteiger partial charge < -0.3 is 11.1 Å². The second kappa shape index (κ2) is 5.10. The number of amides is 1. The molecule has 0 spiro atoms. The fourth-order valence-corrected chi connectivity index (χ4v) is 2.27. The van der Waals surface area contributed by atoms with Crippen molar-refractivity contribution in [2.45, 2.75) is 30.2 Å². The van der Waals surface area contributed by atoms with Gasteiger partial charge in [0.05, 0.1) is 5.54 Å². The summed E-state index contributed by atoms with van der Waals surface area (Å²) in [6, 6.07) is 8.40. The zero-order valence-corrected chi connectivity index (χ0v) is 10.8. The maximum Gasteiger partial charge on any atom is 0.240 e. The lowest BCUT2D eigenvalue weighted by atomic mass is 10.2. The van der Waals surface area contributed by atoms with Crippen molar-refractivity contribution >= 4 is 17.7 Å². The molecular formula is C13H18N2OS. The quantitative estimate of drug-likeness (QED) is 0.617. The number of carbonyl (C=O) groups is 1. The summed E-state index contributed by atoms with van der Waals surface area (Å²) in [6.07, 6.45) is 1.65. The highest BCUT2D eigenvalue weighted by molar-refractivity contribution is 7.99. The SMILES string of the molecule is Cc1ccc(SCCNC(=O)C2(N)CC2)cc1. The smallest absolute Gasteiger partial charge is 0.240 e. The molecule has 0 unspecified atom stereocenters. The number of rotatable bonds is 5. The largest absolute Gasteiger partial charge is 0.354 e. The van der Waals surface area contributed by atoms with Gasteiger partial charge >= 0.3 is 0 Å². The van der Waals surface area contributed by atoms with Crippen LogP contribution in [0.2, 0.25) is 0 Å². The minimum Gasteiger partial charge on any atom is -0.354 e. The van der Waals surface area contributed by atoms with Gasteiger partial charge in [0.2, 0.25) is 5.91 Å². The van der Waals surface area contributed by atoms with Crippen LogP contribution in [-0.2, 0) is 4.79 Å². The Morgan fingerprint density at radius 3 is 2.65 bits per heavy atom. The highest BCUT2D eigenvalue weighted by Gasteiger charge is 2.45. The molecule has 3 N–H and O–H groups in total. The average Bonchev–Trinajstić information content (AvgIpc) is 3.06. The third-order valence-electron chi connectivity index (χ3n) is 2.92. The fraction of sp³-hybridized carbons (Fsp3) is 0.462. The molecule has 1 aromatic carbocycles. The van der Waals surface area contributed by atoms with Crippen molar-refractivity contribution in [3.8, 4) is 0 Å². The first-order chi connectivity index (χ1) is 8.10. The molecule has 1 fully saturated rings. The molecule has 1 amide bonds. The van der Waals surface area contributed by atoms with Crippen molar-refractivity contribution < 1.29 is 4.79 Å². The van der Waals surface area contributed by atoms with E-state index in [0.717, 1.165) is 18.6 Å². The Hall–Kier alpha value is -1.00. The second-order valence-corrected chi connectivity index (χ2v) is 5.74. The Labute approximate surface area is 106 Å². The van der Waals surface area contributed by atoms with E-state index in [4.69, 9.17) is 5.73 Å². The van der Waals surface area contributed by atoms with E-state index in [1.807, 2.05) is 0 Å². The van der Waals surface area contributed by atoms with E-state index in [2.05, 4.69) is 36.5 Å². The highest BCUT2D eigenvalue weighted by atomic mass is 32.2. The number of hydrogen-bond acceptors (Lipinski definition) is 3. The third-order valence-corrected chi connectivity index (χ3v) is 3.93. The molecule has 1 aliphatic rings. The summed E-state index contributed by atoms with van der Waals surface area (Å²) in [5.74, 6) is 0.882. The van der Waals surface area contributed by atoms with Gasteiger partial charge in [0.25, 0.3) is 0 Å².